The molecule has 32 heavy (non-hydrogen) atoms. The smallest absolute Gasteiger partial charge is 1.00 e. The summed E-state index contributed by atoms with van der Waals surface area (Å²) in [7, 11) is -2.90. The summed E-state index contributed by atoms with van der Waals surface area (Å²) in [6, 6.07) is 18.1. The fourth-order valence-electron chi connectivity index (χ4n) is 4.70. The van der Waals surface area contributed by atoms with Gasteiger partial charge in [0.25, 0.3) is 0 Å². The SMILES string of the molecule is CC(C)=C(C=[C]([Zr+2])C=C(C1c2ccccc2-c2ccccc21)[Si](C)(C)C)[Si](C)(C)C.[Cl-].[Cl-]. The maximum atomic E-state index is 2.58. The first-order valence-corrected chi connectivity index (χ1v) is 19.2. The minimum absolute atomic E-state index is 0. The monoisotopic (exact) mass is 575 g/mol. The predicted octanol–water partition coefficient (Wildman–Crippen LogP) is 2.26. The van der Waals surface area contributed by atoms with Crippen LogP contribution in [0.25, 0.3) is 11.1 Å². The zero-order valence-corrected chi connectivity index (χ0v) is 26.6. The van der Waals surface area contributed by atoms with Crippen LogP contribution in [0, 0.1) is 0 Å². The summed E-state index contributed by atoms with van der Waals surface area (Å²) in [4.78, 5) is 0. The Labute approximate surface area is 225 Å². The van der Waals surface area contributed by atoms with E-state index in [0.717, 1.165) is 0 Å². The maximum absolute atomic E-state index is 2.58. The van der Waals surface area contributed by atoms with E-state index in [-0.39, 0.29) is 24.8 Å². The fourth-order valence-corrected chi connectivity index (χ4v) is 10.00. The number of benzene rings is 2. The van der Waals surface area contributed by atoms with Gasteiger partial charge >= 0.3 is 202 Å². The van der Waals surface area contributed by atoms with Crippen LogP contribution in [-0.4, -0.2) is 16.1 Å². The zero-order valence-electron chi connectivity index (χ0n) is 20.6. The van der Waals surface area contributed by atoms with E-state index in [1.807, 2.05) is 0 Å². The molecule has 0 amide bonds. The van der Waals surface area contributed by atoms with E-state index in [1.54, 1.807) is 10.4 Å². The van der Waals surface area contributed by atoms with E-state index in [2.05, 4.69) is 114 Å². The molecule has 5 heteroatoms. The largest absolute Gasteiger partial charge is 1.00 e. The first-order valence-electron chi connectivity index (χ1n) is 10.9. The van der Waals surface area contributed by atoms with E-state index in [4.69, 9.17) is 0 Å². The van der Waals surface area contributed by atoms with Crippen molar-refractivity contribution in [2.45, 2.75) is 59.0 Å². The zero-order chi connectivity index (χ0) is 22.3. The van der Waals surface area contributed by atoms with E-state index < -0.39 is 16.1 Å². The Kier molecular flexibility index (Phi) is 10.5. The van der Waals surface area contributed by atoms with Gasteiger partial charge in [-0.3, -0.25) is 0 Å². The van der Waals surface area contributed by atoms with Gasteiger partial charge in [-0.25, -0.2) is 0 Å². The van der Waals surface area contributed by atoms with Crippen molar-refractivity contribution in [3.63, 3.8) is 0 Å². The molecule has 3 rings (SSSR count). The summed E-state index contributed by atoms with van der Waals surface area (Å²) >= 11 is 1.51. The second-order valence-electron chi connectivity index (χ2n) is 10.7. The van der Waals surface area contributed by atoms with Crippen LogP contribution in [0.3, 0.4) is 0 Å². The van der Waals surface area contributed by atoms with Gasteiger partial charge < -0.3 is 24.8 Å². The molecule has 169 valence electrons. The molecule has 0 nitrogen and oxygen atoms in total. The van der Waals surface area contributed by atoms with Gasteiger partial charge in [-0.15, -0.1) is 0 Å². The van der Waals surface area contributed by atoms with E-state index in [1.165, 1.54) is 55.8 Å². The molecular formula is C27H35Cl2Si2Zr. The summed E-state index contributed by atoms with van der Waals surface area (Å²) in [5.41, 5.74) is 7.30. The third-order valence-electron chi connectivity index (χ3n) is 5.97. The third-order valence-corrected chi connectivity index (χ3v) is 11.1. The molecule has 0 aliphatic heterocycles. The summed E-state index contributed by atoms with van der Waals surface area (Å²) in [5, 5.41) is 3.26. The Balaban J connectivity index is 0.00000256. The topological polar surface area (TPSA) is 0 Å². The molecule has 0 N–H and O–H groups in total. The Hall–Kier alpha value is -0.443. The Morgan fingerprint density at radius 3 is 1.53 bits per heavy atom. The molecule has 0 unspecified atom stereocenters. The molecule has 0 atom stereocenters. The quantitative estimate of drug-likeness (QED) is 0.378. The second-order valence-corrected chi connectivity index (χ2v) is 22.3. The van der Waals surface area contributed by atoms with E-state index in [9.17, 15) is 0 Å². The summed E-state index contributed by atoms with van der Waals surface area (Å²) in [5.74, 6) is 0.398. The first kappa shape index (κ1) is 29.6. The molecule has 2 aromatic rings. The van der Waals surface area contributed by atoms with Crippen molar-refractivity contribution in [1.82, 2.24) is 0 Å². The van der Waals surface area contributed by atoms with Crippen LogP contribution in [0.15, 0.2) is 79.9 Å². The van der Waals surface area contributed by atoms with E-state index >= 15 is 0 Å². The Morgan fingerprint density at radius 1 is 0.719 bits per heavy atom. The molecule has 0 aromatic heterocycles. The van der Waals surface area contributed by atoms with Gasteiger partial charge in [0.1, 0.15) is 0 Å². The number of hydrogen-bond acceptors (Lipinski definition) is 0. The number of hydrogen-bond donors (Lipinski definition) is 0. The Morgan fingerprint density at radius 2 is 1.16 bits per heavy atom. The van der Waals surface area contributed by atoms with Gasteiger partial charge in [-0.1, -0.05) is 0 Å². The molecule has 0 heterocycles. The molecular weight excluding hydrogens is 543 g/mol. The van der Waals surface area contributed by atoms with Gasteiger partial charge in [0.05, 0.1) is 0 Å². The van der Waals surface area contributed by atoms with Gasteiger partial charge in [0, 0.05) is 0 Å². The molecule has 1 aliphatic carbocycles. The minimum Gasteiger partial charge on any atom is -1.00 e. The van der Waals surface area contributed by atoms with Crippen LogP contribution in [-0.2, 0) is 24.7 Å². The average Bonchev–Trinajstić information content (AvgIpc) is 2.96. The molecule has 2 aromatic carbocycles. The van der Waals surface area contributed by atoms with Gasteiger partial charge in [-0.05, 0) is 0 Å². The van der Waals surface area contributed by atoms with Crippen LogP contribution in [0.1, 0.15) is 30.9 Å². The van der Waals surface area contributed by atoms with Gasteiger partial charge in [0.15, 0.2) is 0 Å². The number of allylic oxidation sites excluding steroid dienone is 6. The Bertz CT molecular complexity index is 1000. The molecule has 0 radical (unpaired) electrons. The number of fused-ring (bicyclic) bond motifs is 3. The molecule has 0 fully saturated rings. The molecule has 0 spiro atoms. The normalized spacial score (nSPS) is 14.2. The number of halogens is 2. The van der Waals surface area contributed by atoms with Crippen molar-refractivity contribution in [3.8, 4) is 11.1 Å². The van der Waals surface area contributed by atoms with Crippen molar-refractivity contribution < 1.29 is 49.5 Å². The van der Waals surface area contributed by atoms with Crippen molar-refractivity contribution in [1.29, 1.82) is 0 Å². The second kappa shape index (κ2) is 11.3. The van der Waals surface area contributed by atoms with Crippen molar-refractivity contribution in [2.75, 3.05) is 0 Å². The molecule has 0 saturated heterocycles. The third kappa shape index (κ3) is 6.36. The predicted molar refractivity (Wildman–Crippen MR) is 135 cm³/mol. The van der Waals surface area contributed by atoms with Crippen LogP contribution >= 0.6 is 0 Å². The maximum Gasteiger partial charge on any atom is -1.00 e. The molecule has 0 saturated carbocycles. The van der Waals surface area contributed by atoms with Crippen LogP contribution < -0.4 is 24.8 Å². The van der Waals surface area contributed by atoms with Gasteiger partial charge in [0.2, 0.25) is 0 Å². The van der Waals surface area contributed by atoms with Crippen molar-refractivity contribution in [3.05, 3.63) is 91.1 Å². The number of rotatable bonds is 5. The summed E-state index contributed by atoms with van der Waals surface area (Å²) < 4.78 is 1.49. The summed E-state index contributed by atoms with van der Waals surface area (Å²) in [6.07, 6.45) is 5.10. The first-order chi connectivity index (χ1) is 13.9. The van der Waals surface area contributed by atoms with Crippen LogP contribution in [0.4, 0.5) is 0 Å². The minimum atomic E-state index is -1.55. The summed E-state index contributed by atoms with van der Waals surface area (Å²) in [6.45, 7) is 19.5. The van der Waals surface area contributed by atoms with Crippen molar-refractivity contribution in [2.24, 2.45) is 0 Å². The molecule has 1 aliphatic rings. The molecule has 0 bridgehead atoms. The van der Waals surface area contributed by atoms with Crippen molar-refractivity contribution >= 4 is 16.1 Å². The fraction of sp³-hybridized carbons (Fsp3) is 0.333. The van der Waals surface area contributed by atoms with Gasteiger partial charge in [-0.2, -0.15) is 0 Å². The van der Waals surface area contributed by atoms with E-state index in [0.29, 0.717) is 5.92 Å². The van der Waals surface area contributed by atoms with Crippen LogP contribution in [0.5, 0.6) is 0 Å². The standard InChI is InChI=1S/C27H35Si2.2ClH.Zr/c1-20(2)25(28(3,4)5)18-13-19-26(29(6,7)8)27-23-16-11-9-14-21(23)22-15-10-12-17-24(22)27;;;/h9-12,14-19,27H,1-8H3;2*1H;/q;;;+2/p-2. The average molecular weight is 578 g/mol. The van der Waals surface area contributed by atoms with Crippen LogP contribution in [0.2, 0.25) is 39.3 Å².